The molecule has 2 heterocycles. The van der Waals surface area contributed by atoms with Crippen LogP contribution in [0.2, 0.25) is 0 Å². The van der Waals surface area contributed by atoms with Crippen molar-refractivity contribution in [2.24, 2.45) is 0 Å². The third kappa shape index (κ3) is 2.81. The number of halogens is 1. The highest BCUT2D eigenvalue weighted by molar-refractivity contribution is 7.91. The molecule has 2 atom stereocenters. The van der Waals surface area contributed by atoms with Crippen molar-refractivity contribution in [2.75, 3.05) is 13.2 Å². The molecule has 0 radical (unpaired) electrons. The van der Waals surface area contributed by atoms with Gasteiger partial charge < -0.3 is 4.74 Å². The SMILES string of the molecule is CC1CN(S(=O)(=O)c2sccc2F)C(c2ccccc2)CO1. The summed E-state index contributed by atoms with van der Waals surface area (Å²) in [7, 11) is -3.88. The molecular formula is C15H16FNO3S2. The quantitative estimate of drug-likeness (QED) is 0.862. The highest BCUT2D eigenvalue weighted by Crippen LogP contribution is 2.34. The molecule has 2 unspecified atom stereocenters. The average molecular weight is 341 g/mol. The minimum atomic E-state index is -3.88. The largest absolute Gasteiger partial charge is 0.375 e. The molecule has 0 spiro atoms. The summed E-state index contributed by atoms with van der Waals surface area (Å²) in [4.78, 5) is 0. The van der Waals surface area contributed by atoms with Crippen molar-refractivity contribution in [1.29, 1.82) is 0 Å². The highest BCUT2D eigenvalue weighted by atomic mass is 32.2. The van der Waals surface area contributed by atoms with Crippen LogP contribution in [0.3, 0.4) is 0 Å². The van der Waals surface area contributed by atoms with Crippen molar-refractivity contribution >= 4 is 21.4 Å². The second-order valence-corrected chi connectivity index (χ2v) is 8.20. The van der Waals surface area contributed by atoms with E-state index in [1.54, 1.807) is 0 Å². The van der Waals surface area contributed by atoms with E-state index in [0.717, 1.165) is 16.9 Å². The van der Waals surface area contributed by atoms with Crippen molar-refractivity contribution in [3.63, 3.8) is 0 Å². The van der Waals surface area contributed by atoms with Gasteiger partial charge in [-0.25, -0.2) is 12.8 Å². The van der Waals surface area contributed by atoms with E-state index in [1.165, 1.54) is 15.8 Å². The number of hydrogen-bond donors (Lipinski definition) is 0. The summed E-state index contributed by atoms with van der Waals surface area (Å²) in [6, 6.07) is 10.0. The second-order valence-electron chi connectivity index (χ2n) is 5.20. The Hall–Kier alpha value is -1.28. The van der Waals surface area contributed by atoms with E-state index in [0.29, 0.717) is 0 Å². The maximum absolute atomic E-state index is 13.8. The Morgan fingerprint density at radius 3 is 2.64 bits per heavy atom. The molecule has 4 nitrogen and oxygen atoms in total. The smallest absolute Gasteiger partial charge is 0.256 e. The molecule has 118 valence electrons. The first-order valence-electron chi connectivity index (χ1n) is 6.91. The lowest BCUT2D eigenvalue weighted by Gasteiger charge is -2.37. The van der Waals surface area contributed by atoms with Gasteiger partial charge in [0.2, 0.25) is 0 Å². The van der Waals surface area contributed by atoms with Gasteiger partial charge in [-0.2, -0.15) is 4.31 Å². The van der Waals surface area contributed by atoms with Gasteiger partial charge >= 0.3 is 0 Å². The molecule has 1 aromatic carbocycles. The van der Waals surface area contributed by atoms with Crippen molar-refractivity contribution in [3.05, 3.63) is 53.2 Å². The number of thiophene rings is 1. The molecule has 0 saturated carbocycles. The molecular weight excluding hydrogens is 325 g/mol. The van der Waals surface area contributed by atoms with Gasteiger partial charge in [0.25, 0.3) is 10.0 Å². The first-order chi connectivity index (χ1) is 10.5. The molecule has 22 heavy (non-hydrogen) atoms. The summed E-state index contributed by atoms with van der Waals surface area (Å²) in [6.45, 7) is 2.28. The van der Waals surface area contributed by atoms with E-state index in [1.807, 2.05) is 37.3 Å². The lowest BCUT2D eigenvalue weighted by molar-refractivity contribution is -0.0231. The van der Waals surface area contributed by atoms with E-state index >= 15 is 0 Å². The third-order valence-electron chi connectivity index (χ3n) is 3.64. The van der Waals surface area contributed by atoms with Crippen LogP contribution in [0.15, 0.2) is 46.0 Å². The molecule has 1 fully saturated rings. The van der Waals surface area contributed by atoms with Crippen LogP contribution in [-0.4, -0.2) is 32.0 Å². The lowest BCUT2D eigenvalue weighted by atomic mass is 10.1. The van der Waals surface area contributed by atoms with Crippen LogP contribution in [0.1, 0.15) is 18.5 Å². The van der Waals surface area contributed by atoms with Gasteiger partial charge in [0.15, 0.2) is 10.0 Å². The van der Waals surface area contributed by atoms with Crippen molar-refractivity contribution in [2.45, 2.75) is 23.3 Å². The lowest BCUT2D eigenvalue weighted by Crippen LogP contribution is -2.46. The number of nitrogens with zero attached hydrogens (tertiary/aromatic N) is 1. The molecule has 0 bridgehead atoms. The fraction of sp³-hybridized carbons (Fsp3) is 0.333. The topological polar surface area (TPSA) is 46.6 Å². The summed E-state index contributed by atoms with van der Waals surface area (Å²) < 4.78 is 46.2. The summed E-state index contributed by atoms with van der Waals surface area (Å²) in [5.41, 5.74) is 0.843. The Labute approximate surface area is 133 Å². The molecule has 1 saturated heterocycles. The molecule has 0 aliphatic carbocycles. The summed E-state index contributed by atoms with van der Waals surface area (Å²) in [6.07, 6.45) is -0.224. The average Bonchev–Trinajstić information content (AvgIpc) is 2.95. The number of hydrogen-bond acceptors (Lipinski definition) is 4. The van der Waals surface area contributed by atoms with Crippen LogP contribution in [0.5, 0.6) is 0 Å². The number of rotatable bonds is 3. The number of benzene rings is 1. The Bertz CT molecular complexity index is 745. The van der Waals surface area contributed by atoms with Gasteiger partial charge in [0, 0.05) is 6.54 Å². The summed E-state index contributed by atoms with van der Waals surface area (Å²) >= 11 is 0.903. The van der Waals surface area contributed by atoms with Crippen LogP contribution in [0.25, 0.3) is 0 Å². The van der Waals surface area contributed by atoms with E-state index < -0.39 is 21.9 Å². The molecule has 0 amide bonds. The van der Waals surface area contributed by atoms with Gasteiger partial charge in [-0.1, -0.05) is 30.3 Å². The Morgan fingerprint density at radius 2 is 2.00 bits per heavy atom. The van der Waals surface area contributed by atoms with Gasteiger partial charge in [0.05, 0.1) is 18.8 Å². The fourth-order valence-electron chi connectivity index (χ4n) is 2.55. The van der Waals surface area contributed by atoms with E-state index in [2.05, 4.69) is 0 Å². The summed E-state index contributed by atoms with van der Waals surface area (Å²) in [5.74, 6) is -0.698. The second kappa shape index (κ2) is 6.08. The Kier molecular flexibility index (Phi) is 4.31. The minimum absolute atomic E-state index is 0.208. The molecule has 2 aromatic rings. The zero-order chi connectivity index (χ0) is 15.7. The maximum Gasteiger partial charge on any atom is 0.256 e. The zero-order valence-electron chi connectivity index (χ0n) is 12.0. The molecule has 0 N–H and O–H groups in total. The van der Waals surface area contributed by atoms with Crippen LogP contribution >= 0.6 is 11.3 Å². The first kappa shape index (κ1) is 15.6. The zero-order valence-corrected chi connectivity index (χ0v) is 13.6. The standard InChI is InChI=1S/C15H16FNO3S2/c1-11-9-17(22(18,19)15-13(16)7-8-21-15)14(10-20-11)12-5-3-2-4-6-12/h2-8,11,14H,9-10H2,1H3. The minimum Gasteiger partial charge on any atom is -0.375 e. The monoisotopic (exact) mass is 341 g/mol. The normalized spacial score (nSPS) is 23.5. The molecule has 3 rings (SSSR count). The van der Waals surface area contributed by atoms with Crippen LogP contribution in [0, 0.1) is 5.82 Å². The third-order valence-corrected chi connectivity index (χ3v) is 6.92. The predicted molar refractivity (Wildman–Crippen MR) is 82.8 cm³/mol. The van der Waals surface area contributed by atoms with Crippen LogP contribution < -0.4 is 0 Å². The first-order valence-corrected chi connectivity index (χ1v) is 9.23. The Balaban J connectivity index is 2.03. The van der Waals surface area contributed by atoms with Crippen molar-refractivity contribution < 1.29 is 17.5 Å². The maximum atomic E-state index is 13.8. The van der Waals surface area contributed by atoms with Gasteiger partial charge in [-0.15, -0.1) is 11.3 Å². The molecule has 1 aliphatic rings. The Morgan fingerprint density at radius 1 is 1.27 bits per heavy atom. The number of ether oxygens (including phenoxy) is 1. The van der Waals surface area contributed by atoms with E-state index in [4.69, 9.17) is 4.74 Å². The van der Waals surface area contributed by atoms with Crippen LogP contribution in [-0.2, 0) is 14.8 Å². The van der Waals surface area contributed by atoms with Crippen molar-refractivity contribution in [1.82, 2.24) is 4.31 Å². The van der Waals surface area contributed by atoms with Gasteiger partial charge in [0.1, 0.15) is 0 Å². The predicted octanol–water partition coefficient (Wildman–Crippen LogP) is 3.04. The molecule has 1 aliphatic heterocycles. The van der Waals surface area contributed by atoms with Gasteiger partial charge in [-0.05, 0) is 23.9 Å². The van der Waals surface area contributed by atoms with E-state index in [-0.39, 0.29) is 23.5 Å². The summed E-state index contributed by atoms with van der Waals surface area (Å²) in [5, 5.41) is 1.45. The van der Waals surface area contributed by atoms with Crippen molar-refractivity contribution in [3.8, 4) is 0 Å². The fourth-order valence-corrected chi connectivity index (χ4v) is 5.43. The van der Waals surface area contributed by atoms with Gasteiger partial charge in [-0.3, -0.25) is 0 Å². The highest BCUT2D eigenvalue weighted by Gasteiger charge is 2.39. The molecule has 7 heteroatoms. The van der Waals surface area contributed by atoms with Crippen LogP contribution in [0.4, 0.5) is 4.39 Å². The number of sulfonamides is 1. The number of morpholine rings is 1. The van der Waals surface area contributed by atoms with E-state index in [9.17, 15) is 12.8 Å². The molecule has 1 aromatic heterocycles.